The van der Waals surface area contributed by atoms with Gasteiger partial charge in [0.2, 0.25) is 0 Å². The minimum Gasteiger partial charge on any atom is -0.611 e. The smallest absolute Gasteiger partial charge is 0.253 e. The molecule has 1 saturated heterocycles. The maximum Gasteiger partial charge on any atom is 0.253 e. The van der Waals surface area contributed by atoms with Crippen molar-refractivity contribution < 1.29 is 9.35 Å². The van der Waals surface area contributed by atoms with Gasteiger partial charge in [0.15, 0.2) is 4.90 Å². The summed E-state index contributed by atoms with van der Waals surface area (Å²) in [5.41, 5.74) is 1.54. The van der Waals surface area contributed by atoms with Gasteiger partial charge in [-0.1, -0.05) is 12.1 Å². The molecule has 1 aromatic carbocycles. The number of benzene rings is 1. The highest BCUT2D eigenvalue weighted by molar-refractivity contribution is 7.91. The quantitative estimate of drug-likeness (QED) is 0.807. The molecule has 1 fully saturated rings. The van der Waals surface area contributed by atoms with Gasteiger partial charge in [0.25, 0.3) is 5.91 Å². The molecule has 0 bridgehead atoms. The molecule has 0 aliphatic carbocycles. The molecule has 1 aromatic heterocycles. The Kier molecular flexibility index (Phi) is 5.94. The van der Waals surface area contributed by atoms with Gasteiger partial charge in [0.1, 0.15) is 11.6 Å². The van der Waals surface area contributed by atoms with Crippen LogP contribution in [0.1, 0.15) is 35.7 Å². The van der Waals surface area contributed by atoms with Gasteiger partial charge in [-0.05, 0) is 60.8 Å². The van der Waals surface area contributed by atoms with Gasteiger partial charge >= 0.3 is 0 Å². The Hall–Kier alpha value is -2.05. The molecular formula is C19H23N3O2S. The zero-order valence-electron chi connectivity index (χ0n) is 14.4. The van der Waals surface area contributed by atoms with Crippen molar-refractivity contribution in [3.8, 4) is 0 Å². The maximum absolute atomic E-state index is 12.3. The number of nitrogens with zero attached hydrogens (tertiary/aromatic N) is 2. The minimum absolute atomic E-state index is 0.137. The topological polar surface area (TPSA) is 68.3 Å². The second kappa shape index (κ2) is 8.36. The summed E-state index contributed by atoms with van der Waals surface area (Å²) in [5, 5.41) is 2.90. The molecule has 1 aliphatic heterocycles. The van der Waals surface area contributed by atoms with Crippen LogP contribution < -0.4 is 10.2 Å². The van der Waals surface area contributed by atoms with Crippen LogP contribution >= 0.6 is 0 Å². The van der Waals surface area contributed by atoms with E-state index in [0.29, 0.717) is 17.9 Å². The van der Waals surface area contributed by atoms with Crippen molar-refractivity contribution in [1.29, 1.82) is 0 Å². The van der Waals surface area contributed by atoms with Gasteiger partial charge in [-0.25, -0.2) is 4.98 Å². The van der Waals surface area contributed by atoms with Crippen LogP contribution in [0.4, 0.5) is 5.82 Å². The predicted molar refractivity (Wildman–Crippen MR) is 100 cm³/mol. The Labute approximate surface area is 151 Å². The van der Waals surface area contributed by atoms with Crippen molar-refractivity contribution in [1.82, 2.24) is 10.3 Å². The number of carbonyl (C=O) groups excluding carboxylic acids is 1. The lowest BCUT2D eigenvalue weighted by Crippen LogP contribution is -2.23. The van der Waals surface area contributed by atoms with Crippen molar-refractivity contribution in [2.24, 2.45) is 0 Å². The van der Waals surface area contributed by atoms with Gasteiger partial charge in [-0.2, -0.15) is 0 Å². The molecule has 2 heterocycles. The number of anilines is 1. The van der Waals surface area contributed by atoms with E-state index in [1.807, 2.05) is 43.3 Å². The first-order valence-corrected chi connectivity index (χ1v) is 9.96. The zero-order valence-corrected chi connectivity index (χ0v) is 15.2. The third-order valence-corrected chi connectivity index (χ3v) is 5.66. The molecular weight excluding hydrogens is 334 g/mol. The second-order valence-corrected chi connectivity index (χ2v) is 7.80. The molecule has 1 N–H and O–H groups in total. The predicted octanol–water partition coefficient (Wildman–Crippen LogP) is 2.74. The Balaban J connectivity index is 1.55. The third-order valence-electron chi connectivity index (χ3n) is 4.34. The number of amides is 1. The molecule has 0 radical (unpaired) electrons. The standard InChI is InChI=1S/C19H23N3O2S/c1-2-25(24)17-8-5-15(6-9-17)13-21-19(23)16-7-10-18(20-14-16)22-11-3-4-12-22/h5-10,14H,2-4,11-13H2,1H3,(H,21,23). The summed E-state index contributed by atoms with van der Waals surface area (Å²) in [6.45, 7) is 4.41. The average molecular weight is 357 g/mol. The molecule has 132 valence electrons. The first-order chi connectivity index (χ1) is 12.2. The summed E-state index contributed by atoms with van der Waals surface area (Å²) in [4.78, 5) is 19.7. The Morgan fingerprint density at radius 3 is 2.52 bits per heavy atom. The molecule has 2 aromatic rings. The van der Waals surface area contributed by atoms with E-state index in [-0.39, 0.29) is 5.91 Å². The summed E-state index contributed by atoms with van der Waals surface area (Å²) >= 11 is -0.944. The van der Waals surface area contributed by atoms with Crippen LogP contribution in [-0.4, -0.2) is 34.3 Å². The van der Waals surface area contributed by atoms with E-state index in [1.54, 1.807) is 6.20 Å². The molecule has 1 atom stereocenters. The number of aromatic nitrogens is 1. The summed E-state index contributed by atoms with van der Waals surface area (Å²) in [6, 6.07) is 11.2. The average Bonchev–Trinajstić information content (AvgIpc) is 3.21. The highest BCUT2D eigenvalue weighted by Gasteiger charge is 2.14. The monoisotopic (exact) mass is 357 g/mol. The fourth-order valence-electron chi connectivity index (χ4n) is 2.86. The second-order valence-electron chi connectivity index (χ2n) is 6.06. The van der Waals surface area contributed by atoms with Crippen LogP contribution in [0.25, 0.3) is 0 Å². The van der Waals surface area contributed by atoms with Crippen LogP contribution in [0, 0.1) is 0 Å². The van der Waals surface area contributed by atoms with Crippen LogP contribution in [0.3, 0.4) is 0 Å². The molecule has 1 unspecified atom stereocenters. The van der Waals surface area contributed by atoms with Crippen molar-refractivity contribution in [3.63, 3.8) is 0 Å². The largest absolute Gasteiger partial charge is 0.611 e. The lowest BCUT2D eigenvalue weighted by atomic mass is 10.2. The molecule has 6 heteroatoms. The van der Waals surface area contributed by atoms with Crippen LogP contribution in [0.5, 0.6) is 0 Å². The Bertz CT molecular complexity index is 698. The number of carbonyl (C=O) groups is 1. The van der Waals surface area contributed by atoms with Crippen molar-refractivity contribution >= 4 is 22.9 Å². The number of hydrogen-bond donors (Lipinski definition) is 1. The summed E-state index contributed by atoms with van der Waals surface area (Å²) in [7, 11) is 0. The SMILES string of the molecule is CC[S+]([O-])c1ccc(CNC(=O)c2ccc(N3CCCC3)nc2)cc1. The Morgan fingerprint density at radius 2 is 1.92 bits per heavy atom. The zero-order chi connectivity index (χ0) is 17.6. The van der Waals surface area contributed by atoms with Crippen LogP contribution in [0.2, 0.25) is 0 Å². The molecule has 0 saturated carbocycles. The molecule has 3 rings (SSSR count). The van der Waals surface area contributed by atoms with E-state index in [9.17, 15) is 9.35 Å². The third kappa shape index (κ3) is 4.52. The highest BCUT2D eigenvalue weighted by atomic mass is 32.2. The molecule has 1 amide bonds. The maximum atomic E-state index is 12.3. The number of pyridine rings is 1. The van der Waals surface area contributed by atoms with E-state index >= 15 is 0 Å². The first-order valence-electron chi connectivity index (χ1n) is 8.64. The van der Waals surface area contributed by atoms with Crippen molar-refractivity contribution in [3.05, 3.63) is 53.7 Å². The van der Waals surface area contributed by atoms with E-state index < -0.39 is 11.2 Å². The number of rotatable bonds is 6. The first kappa shape index (κ1) is 17.8. The molecule has 0 spiro atoms. The van der Waals surface area contributed by atoms with Crippen LogP contribution in [0.15, 0.2) is 47.5 Å². The lowest BCUT2D eigenvalue weighted by Gasteiger charge is -2.16. The molecule has 1 aliphatic rings. The fraction of sp³-hybridized carbons (Fsp3) is 0.368. The minimum atomic E-state index is -0.944. The van der Waals surface area contributed by atoms with E-state index in [1.165, 1.54) is 12.8 Å². The number of nitrogens with one attached hydrogen (secondary N) is 1. The van der Waals surface area contributed by atoms with E-state index in [0.717, 1.165) is 29.4 Å². The fourth-order valence-corrected chi connectivity index (χ4v) is 3.64. The normalized spacial score (nSPS) is 15.2. The van der Waals surface area contributed by atoms with Crippen molar-refractivity contribution in [2.45, 2.75) is 31.2 Å². The van der Waals surface area contributed by atoms with Crippen molar-refractivity contribution in [2.75, 3.05) is 23.7 Å². The summed E-state index contributed by atoms with van der Waals surface area (Å²) in [6.07, 6.45) is 4.04. The van der Waals surface area contributed by atoms with Gasteiger partial charge < -0.3 is 14.8 Å². The van der Waals surface area contributed by atoms with Gasteiger partial charge in [-0.15, -0.1) is 0 Å². The lowest BCUT2D eigenvalue weighted by molar-refractivity contribution is 0.0950. The van der Waals surface area contributed by atoms with Gasteiger partial charge in [0.05, 0.1) is 5.56 Å². The molecule has 5 nitrogen and oxygen atoms in total. The van der Waals surface area contributed by atoms with Gasteiger partial charge in [-0.3, -0.25) is 4.79 Å². The highest BCUT2D eigenvalue weighted by Crippen LogP contribution is 2.17. The van der Waals surface area contributed by atoms with Crippen LogP contribution in [-0.2, 0) is 17.7 Å². The number of hydrogen-bond acceptors (Lipinski definition) is 4. The molecule has 25 heavy (non-hydrogen) atoms. The van der Waals surface area contributed by atoms with E-state index in [4.69, 9.17) is 0 Å². The summed E-state index contributed by atoms with van der Waals surface area (Å²) < 4.78 is 11.7. The Morgan fingerprint density at radius 1 is 1.20 bits per heavy atom. The summed E-state index contributed by atoms with van der Waals surface area (Å²) in [5.74, 6) is 1.41. The van der Waals surface area contributed by atoms with E-state index in [2.05, 4.69) is 15.2 Å². The van der Waals surface area contributed by atoms with Gasteiger partial charge in [0, 0.05) is 25.8 Å².